The first-order valence-corrected chi connectivity index (χ1v) is 7.41. The molecule has 2 saturated heterocycles. The number of nitrogens with zero attached hydrogens (tertiary/aromatic N) is 2. The molecule has 19 heavy (non-hydrogen) atoms. The lowest BCUT2D eigenvalue weighted by Gasteiger charge is -2.21. The lowest BCUT2D eigenvalue weighted by molar-refractivity contribution is -0.130. The number of hydrogen-bond acceptors (Lipinski definition) is 4. The Morgan fingerprint density at radius 2 is 2.11 bits per heavy atom. The van der Waals surface area contributed by atoms with Crippen LogP contribution in [0.25, 0.3) is 0 Å². The van der Waals surface area contributed by atoms with Gasteiger partial charge in [0.25, 0.3) is 0 Å². The van der Waals surface area contributed by atoms with E-state index in [0.717, 1.165) is 44.3 Å². The van der Waals surface area contributed by atoms with Gasteiger partial charge in [0.05, 0.1) is 12.6 Å². The van der Waals surface area contributed by atoms with E-state index in [1.165, 1.54) is 12.8 Å². The summed E-state index contributed by atoms with van der Waals surface area (Å²) in [6, 6.07) is 2.52. The van der Waals surface area contributed by atoms with Crippen LogP contribution in [0, 0.1) is 23.2 Å². The second-order valence-electron chi connectivity index (χ2n) is 6.10. The van der Waals surface area contributed by atoms with Gasteiger partial charge in [0.1, 0.15) is 6.04 Å². The number of amides is 1. The van der Waals surface area contributed by atoms with Crippen LogP contribution in [-0.2, 0) is 4.79 Å². The second kappa shape index (κ2) is 5.48. The van der Waals surface area contributed by atoms with E-state index in [0.29, 0.717) is 12.6 Å². The lowest BCUT2D eigenvalue weighted by atomic mass is 10.0. The molecule has 0 spiro atoms. The number of carbonyl (C=O) groups is 1. The molecule has 1 unspecified atom stereocenters. The minimum Gasteiger partial charge on any atom is -0.326 e. The fraction of sp³-hybridized carbons (Fsp3) is 0.857. The molecule has 104 valence electrons. The van der Waals surface area contributed by atoms with Crippen molar-refractivity contribution >= 4 is 5.91 Å². The number of rotatable bonds is 3. The van der Waals surface area contributed by atoms with Crippen molar-refractivity contribution in [2.45, 2.75) is 37.8 Å². The molecule has 0 aromatic rings. The number of carbonyl (C=O) groups excluding carboxylic acids is 1. The van der Waals surface area contributed by atoms with Crippen LogP contribution in [0.4, 0.5) is 0 Å². The summed E-state index contributed by atoms with van der Waals surface area (Å²) in [5.41, 5.74) is 0. The van der Waals surface area contributed by atoms with Crippen molar-refractivity contribution < 1.29 is 4.79 Å². The molecule has 2 heterocycles. The molecule has 5 heteroatoms. The van der Waals surface area contributed by atoms with Crippen LogP contribution < -0.4 is 10.6 Å². The summed E-state index contributed by atoms with van der Waals surface area (Å²) >= 11 is 0. The van der Waals surface area contributed by atoms with Crippen molar-refractivity contribution in [3.05, 3.63) is 0 Å². The number of hydrogen-bond donors (Lipinski definition) is 2. The highest BCUT2D eigenvalue weighted by Gasteiger charge is 2.37. The highest BCUT2D eigenvalue weighted by atomic mass is 16.2. The molecule has 5 nitrogen and oxygen atoms in total. The third kappa shape index (κ3) is 2.60. The normalized spacial score (nSPS) is 37.3. The van der Waals surface area contributed by atoms with E-state index in [4.69, 9.17) is 5.26 Å². The fourth-order valence-electron chi connectivity index (χ4n) is 3.87. The van der Waals surface area contributed by atoms with E-state index in [-0.39, 0.29) is 11.9 Å². The van der Waals surface area contributed by atoms with Gasteiger partial charge in [-0.15, -0.1) is 0 Å². The molecule has 2 aliphatic heterocycles. The van der Waals surface area contributed by atoms with Gasteiger partial charge in [-0.25, -0.2) is 0 Å². The Kier molecular flexibility index (Phi) is 3.72. The SMILES string of the molecule is N#C[C@@H]1CCCN1C(=O)CNC1C[C@H]2CNC[C@H]2C1. The minimum absolute atomic E-state index is 0.0965. The number of nitrogens with one attached hydrogen (secondary N) is 2. The predicted molar refractivity (Wildman–Crippen MR) is 71.2 cm³/mol. The zero-order valence-electron chi connectivity index (χ0n) is 11.3. The maximum absolute atomic E-state index is 12.1. The van der Waals surface area contributed by atoms with Crippen LogP contribution in [0.3, 0.4) is 0 Å². The van der Waals surface area contributed by atoms with Crippen LogP contribution in [0.5, 0.6) is 0 Å². The second-order valence-corrected chi connectivity index (χ2v) is 6.10. The molecular weight excluding hydrogens is 240 g/mol. The average Bonchev–Trinajstić information content (AvgIpc) is 3.09. The Balaban J connectivity index is 1.45. The summed E-state index contributed by atoms with van der Waals surface area (Å²) in [7, 11) is 0. The first-order valence-electron chi connectivity index (χ1n) is 7.41. The van der Waals surface area contributed by atoms with E-state index in [1.54, 1.807) is 4.90 Å². The largest absolute Gasteiger partial charge is 0.326 e. The standard InChI is InChI=1S/C14H22N4O/c15-6-13-2-1-3-18(13)14(19)9-17-12-4-10-7-16-8-11(10)5-12/h10-13,16-17H,1-5,7-9H2/t10-,11+,12?,13-/m0/s1. The van der Waals surface area contributed by atoms with Gasteiger partial charge in [0.15, 0.2) is 0 Å². The zero-order chi connectivity index (χ0) is 13.2. The van der Waals surface area contributed by atoms with Gasteiger partial charge in [-0.1, -0.05) is 0 Å². The smallest absolute Gasteiger partial charge is 0.237 e. The molecule has 1 saturated carbocycles. The van der Waals surface area contributed by atoms with Crippen LogP contribution in [0.1, 0.15) is 25.7 Å². The van der Waals surface area contributed by atoms with Crippen molar-refractivity contribution in [1.82, 2.24) is 15.5 Å². The van der Waals surface area contributed by atoms with E-state index in [1.807, 2.05) is 0 Å². The molecule has 3 rings (SSSR count). The Labute approximate surface area is 114 Å². The third-order valence-electron chi connectivity index (χ3n) is 4.92. The average molecular weight is 262 g/mol. The topological polar surface area (TPSA) is 68.2 Å². The van der Waals surface area contributed by atoms with Gasteiger partial charge >= 0.3 is 0 Å². The molecule has 3 fully saturated rings. The van der Waals surface area contributed by atoms with Crippen molar-refractivity contribution in [2.24, 2.45) is 11.8 Å². The summed E-state index contributed by atoms with van der Waals surface area (Å²) in [6.45, 7) is 3.42. The first-order chi connectivity index (χ1) is 9.28. The molecule has 4 atom stereocenters. The van der Waals surface area contributed by atoms with Crippen LogP contribution in [0.15, 0.2) is 0 Å². The van der Waals surface area contributed by atoms with E-state index >= 15 is 0 Å². The molecule has 1 amide bonds. The molecule has 3 aliphatic rings. The fourth-order valence-corrected chi connectivity index (χ4v) is 3.87. The molecule has 0 aromatic carbocycles. The maximum Gasteiger partial charge on any atom is 0.237 e. The molecular formula is C14H22N4O. The Morgan fingerprint density at radius 1 is 1.37 bits per heavy atom. The number of fused-ring (bicyclic) bond motifs is 1. The monoisotopic (exact) mass is 262 g/mol. The summed E-state index contributed by atoms with van der Waals surface area (Å²) in [5, 5.41) is 15.8. The highest BCUT2D eigenvalue weighted by Crippen LogP contribution is 2.34. The van der Waals surface area contributed by atoms with Gasteiger partial charge in [-0.2, -0.15) is 5.26 Å². The predicted octanol–water partition coefficient (Wildman–Crippen LogP) is 0.0886. The first kappa shape index (κ1) is 12.9. The van der Waals surface area contributed by atoms with Crippen LogP contribution in [0.2, 0.25) is 0 Å². The van der Waals surface area contributed by atoms with Crippen molar-refractivity contribution in [3.63, 3.8) is 0 Å². The summed E-state index contributed by atoms with van der Waals surface area (Å²) in [5.74, 6) is 1.69. The van der Waals surface area contributed by atoms with Crippen molar-refractivity contribution in [1.29, 1.82) is 5.26 Å². The molecule has 0 radical (unpaired) electrons. The van der Waals surface area contributed by atoms with Gasteiger partial charge in [0, 0.05) is 12.6 Å². The summed E-state index contributed by atoms with van der Waals surface area (Å²) < 4.78 is 0. The van der Waals surface area contributed by atoms with Gasteiger partial charge in [-0.3, -0.25) is 4.79 Å². The van der Waals surface area contributed by atoms with Crippen molar-refractivity contribution in [3.8, 4) is 6.07 Å². The van der Waals surface area contributed by atoms with Gasteiger partial charge in [0.2, 0.25) is 5.91 Å². The summed E-state index contributed by atoms with van der Waals surface area (Å²) in [6.07, 6.45) is 4.17. The highest BCUT2D eigenvalue weighted by molar-refractivity contribution is 5.79. The van der Waals surface area contributed by atoms with Gasteiger partial charge in [-0.05, 0) is 50.6 Å². The van der Waals surface area contributed by atoms with E-state index in [9.17, 15) is 4.79 Å². The molecule has 2 N–H and O–H groups in total. The lowest BCUT2D eigenvalue weighted by Crippen LogP contribution is -2.43. The molecule has 0 aromatic heterocycles. The Morgan fingerprint density at radius 3 is 2.79 bits per heavy atom. The summed E-state index contributed by atoms with van der Waals surface area (Å²) in [4.78, 5) is 13.9. The van der Waals surface area contributed by atoms with Crippen molar-refractivity contribution in [2.75, 3.05) is 26.2 Å². The number of nitriles is 1. The van der Waals surface area contributed by atoms with Crippen LogP contribution in [-0.4, -0.2) is 49.1 Å². The van der Waals surface area contributed by atoms with E-state index in [2.05, 4.69) is 16.7 Å². The molecule has 1 aliphatic carbocycles. The minimum atomic E-state index is -0.193. The number of likely N-dealkylation sites (tertiary alicyclic amines) is 1. The quantitative estimate of drug-likeness (QED) is 0.756. The maximum atomic E-state index is 12.1. The molecule has 0 bridgehead atoms. The van der Waals surface area contributed by atoms with E-state index < -0.39 is 0 Å². The zero-order valence-corrected chi connectivity index (χ0v) is 11.3. The third-order valence-corrected chi connectivity index (χ3v) is 4.92. The Bertz CT molecular complexity index is 379. The Hall–Kier alpha value is -1.12. The van der Waals surface area contributed by atoms with Gasteiger partial charge < -0.3 is 15.5 Å². The van der Waals surface area contributed by atoms with Crippen LogP contribution >= 0.6 is 0 Å².